The van der Waals surface area contributed by atoms with E-state index in [1.54, 1.807) is 10.7 Å². The lowest BCUT2D eigenvalue weighted by atomic mass is 10.2. The fraction of sp³-hybridized carbons (Fsp3) is 0.333. The smallest absolute Gasteiger partial charge is 0.288 e. The quantitative estimate of drug-likeness (QED) is 0.502. The Morgan fingerprint density at radius 1 is 0.968 bits per heavy atom. The molecule has 2 aliphatic rings. The summed E-state index contributed by atoms with van der Waals surface area (Å²) in [6, 6.07) is 11.3. The number of hydrogen-bond donors (Lipinski definition) is 0. The minimum Gasteiger partial charge on any atom is -0.486 e. The normalized spacial score (nSPS) is 16.5. The summed E-state index contributed by atoms with van der Waals surface area (Å²) in [5.41, 5.74) is 1.77. The molecule has 0 aliphatic carbocycles. The van der Waals surface area contributed by atoms with E-state index in [9.17, 15) is 0 Å². The fourth-order valence-electron chi connectivity index (χ4n) is 3.74. The Morgan fingerprint density at radius 3 is 2.55 bits per heavy atom. The topological polar surface area (TPSA) is 55.9 Å². The number of rotatable bonds is 4. The number of halogens is 2. The van der Waals surface area contributed by atoms with E-state index in [1.165, 1.54) is 0 Å². The van der Waals surface area contributed by atoms with Crippen molar-refractivity contribution >= 4 is 41.1 Å². The largest absolute Gasteiger partial charge is 0.486 e. The van der Waals surface area contributed by atoms with Crippen LogP contribution in [0.25, 0.3) is 11.5 Å². The number of aromatic nitrogens is 2. The summed E-state index contributed by atoms with van der Waals surface area (Å²) in [5, 5.41) is 5.75. The minimum absolute atomic E-state index is 0.338. The maximum atomic E-state index is 6.37. The molecule has 5 rings (SSSR count). The van der Waals surface area contributed by atoms with Crippen LogP contribution >= 0.6 is 35.4 Å². The Morgan fingerprint density at radius 2 is 1.74 bits per heavy atom. The molecular formula is C21H20Cl2N4O3S. The lowest BCUT2D eigenvalue weighted by molar-refractivity contribution is 0.171. The van der Waals surface area contributed by atoms with Crippen LogP contribution in [0.15, 0.2) is 40.8 Å². The molecule has 3 heterocycles. The highest BCUT2D eigenvalue weighted by molar-refractivity contribution is 7.71. The molecule has 0 atom stereocenters. The summed E-state index contributed by atoms with van der Waals surface area (Å²) in [6.45, 7) is 5.00. The summed E-state index contributed by atoms with van der Waals surface area (Å²) in [4.78, 5) is 4.86. The minimum atomic E-state index is 0.338. The molecule has 0 unspecified atom stereocenters. The van der Waals surface area contributed by atoms with Crippen LogP contribution < -0.4 is 14.4 Å². The second kappa shape index (κ2) is 8.70. The molecule has 1 fully saturated rings. The van der Waals surface area contributed by atoms with E-state index in [0.717, 1.165) is 43.2 Å². The zero-order valence-electron chi connectivity index (χ0n) is 16.6. The molecule has 0 bridgehead atoms. The van der Waals surface area contributed by atoms with Crippen molar-refractivity contribution in [2.75, 3.05) is 44.3 Å². The third kappa shape index (κ3) is 4.25. The Bertz CT molecular complexity index is 1160. The van der Waals surface area contributed by atoms with Crippen molar-refractivity contribution in [1.82, 2.24) is 14.7 Å². The van der Waals surface area contributed by atoms with Gasteiger partial charge in [-0.3, -0.25) is 4.90 Å². The molecule has 10 heteroatoms. The van der Waals surface area contributed by atoms with Crippen LogP contribution in [0.2, 0.25) is 10.0 Å². The Labute approximate surface area is 194 Å². The number of hydrogen-bond acceptors (Lipinski definition) is 7. The van der Waals surface area contributed by atoms with Crippen molar-refractivity contribution in [1.29, 1.82) is 0 Å². The number of ether oxygens (including phenoxy) is 2. The highest BCUT2D eigenvalue weighted by Crippen LogP contribution is 2.35. The Kier molecular flexibility index (Phi) is 5.79. The molecule has 31 heavy (non-hydrogen) atoms. The number of benzene rings is 2. The average molecular weight is 479 g/mol. The van der Waals surface area contributed by atoms with E-state index >= 15 is 0 Å². The van der Waals surface area contributed by atoms with Crippen molar-refractivity contribution in [3.63, 3.8) is 0 Å². The second-order valence-electron chi connectivity index (χ2n) is 7.35. The van der Waals surface area contributed by atoms with Crippen molar-refractivity contribution in [2.24, 2.45) is 0 Å². The molecule has 0 radical (unpaired) electrons. The van der Waals surface area contributed by atoms with Crippen molar-refractivity contribution in [3.8, 4) is 23.0 Å². The first-order valence-corrected chi connectivity index (χ1v) is 11.1. The van der Waals surface area contributed by atoms with Gasteiger partial charge in [-0.15, -0.1) is 5.10 Å². The fourth-order valence-corrected chi connectivity index (χ4v) is 4.34. The third-order valence-electron chi connectivity index (χ3n) is 5.37. The molecular weight excluding hydrogens is 459 g/mol. The van der Waals surface area contributed by atoms with Crippen molar-refractivity contribution in [3.05, 3.63) is 51.3 Å². The van der Waals surface area contributed by atoms with E-state index < -0.39 is 0 Å². The summed E-state index contributed by atoms with van der Waals surface area (Å²) < 4.78 is 18.7. The van der Waals surface area contributed by atoms with Crippen LogP contribution in [0.4, 0.5) is 5.69 Å². The first kappa shape index (κ1) is 20.6. The first-order chi connectivity index (χ1) is 15.1. The molecule has 0 saturated carbocycles. The summed E-state index contributed by atoms with van der Waals surface area (Å²) in [7, 11) is 0. The summed E-state index contributed by atoms with van der Waals surface area (Å²) >= 11 is 17.9. The van der Waals surface area contributed by atoms with Crippen LogP contribution in [0.5, 0.6) is 11.5 Å². The summed E-state index contributed by atoms with van der Waals surface area (Å²) in [5.74, 6) is 1.88. The van der Waals surface area contributed by atoms with Gasteiger partial charge < -0.3 is 18.8 Å². The Balaban J connectivity index is 1.26. The van der Waals surface area contributed by atoms with Gasteiger partial charge in [0.1, 0.15) is 13.2 Å². The van der Waals surface area contributed by atoms with E-state index in [0.29, 0.717) is 46.4 Å². The van der Waals surface area contributed by atoms with Gasteiger partial charge in [-0.25, -0.2) is 4.68 Å². The number of fused-ring (bicyclic) bond motifs is 1. The average Bonchev–Trinajstić information content (AvgIpc) is 3.16. The van der Waals surface area contributed by atoms with Gasteiger partial charge in [-0.1, -0.05) is 29.3 Å². The molecule has 2 aromatic carbocycles. The predicted molar refractivity (Wildman–Crippen MR) is 122 cm³/mol. The van der Waals surface area contributed by atoms with Crippen LogP contribution in [0.1, 0.15) is 0 Å². The molecule has 0 amide bonds. The maximum Gasteiger partial charge on any atom is 0.288 e. The molecule has 1 aromatic heterocycles. The molecule has 7 nitrogen and oxygen atoms in total. The highest BCUT2D eigenvalue weighted by Gasteiger charge is 2.21. The van der Waals surface area contributed by atoms with Crippen LogP contribution in [0.3, 0.4) is 0 Å². The highest BCUT2D eigenvalue weighted by atomic mass is 35.5. The number of nitrogens with zero attached hydrogens (tertiary/aromatic N) is 4. The molecule has 1 saturated heterocycles. The van der Waals surface area contributed by atoms with E-state index in [1.807, 2.05) is 30.3 Å². The summed E-state index contributed by atoms with van der Waals surface area (Å²) in [6.07, 6.45) is 0. The molecule has 162 valence electrons. The second-order valence-corrected chi connectivity index (χ2v) is 8.48. The van der Waals surface area contributed by atoms with Crippen LogP contribution in [0, 0.1) is 4.84 Å². The van der Waals surface area contributed by atoms with E-state index in [2.05, 4.69) is 14.9 Å². The monoisotopic (exact) mass is 478 g/mol. The van der Waals surface area contributed by atoms with Gasteiger partial charge in [-0.05, 0) is 42.5 Å². The van der Waals surface area contributed by atoms with Gasteiger partial charge in [0.25, 0.3) is 4.84 Å². The lowest BCUT2D eigenvalue weighted by Crippen LogP contribution is -2.47. The molecule has 2 aliphatic heterocycles. The van der Waals surface area contributed by atoms with Crippen LogP contribution in [-0.4, -0.2) is 54.1 Å². The van der Waals surface area contributed by atoms with Gasteiger partial charge in [0, 0.05) is 31.7 Å². The standard InChI is InChI=1S/C21H20Cl2N4O3S/c22-15-2-1-3-16(19(15)23)26-8-6-25(7-9-26)13-27-21(31)30-20(24-27)14-4-5-17-18(12-14)29-11-10-28-17/h1-5,12H,6-11,13H2. The van der Waals surface area contributed by atoms with E-state index in [-0.39, 0.29) is 0 Å². The SMILES string of the molecule is S=c1oc(-c2ccc3c(c2)OCCO3)nn1CN1CCN(c2cccc(Cl)c2Cl)CC1. The van der Waals surface area contributed by atoms with Gasteiger partial charge in [0.05, 0.1) is 22.4 Å². The van der Waals surface area contributed by atoms with Crippen LogP contribution in [-0.2, 0) is 6.67 Å². The molecule has 3 aromatic rings. The number of piperazine rings is 1. The number of anilines is 1. The van der Waals surface area contributed by atoms with Gasteiger partial charge in [-0.2, -0.15) is 0 Å². The van der Waals surface area contributed by atoms with E-state index in [4.69, 9.17) is 49.3 Å². The van der Waals surface area contributed by atoms with Gasteiger partial charge >= 0.3 is 0 Å². The Hall–Kier alpha value is -2.26. The third-order valence-corrected chi connectivity index (χ3v) is 6.48. The maximum absolute atomic E-state index is 6.37. The zero-order valence-corrected chi connectivity index (χ0v) is 18.9. The van der Waals surface area contributed by atoms with Gasteiger partial charge in [0.2, 0.25) is 5.89 Å². The van der Waals surface area contributed by atoms with Gasteiger partial charge in [0.15, 0.2) is 11.5 Å². The van der Waals surface area contributed by atoms with Crippen molar-refractivity contribution in [2.45, 2.75) is 6.67 Å². The first-order valence-electron chi connectivity index (χ1n) is 9.98. The molecule has 0 N–H and O–H groups in total. The molecule has 0 spiro atoms. The van der Waals surface area contributed by atoms with Crippen molar-refractivity contribution < 1.29 is 13.9 Å². The zero-order chi connectivity index (χ0) is 21.4. The predicted octanol–water partition coefficient (Wildman–Crippen LogP) is 4.73. The lowest BCUT2D eigenvalue weighted by Gasteiger charge is -2.36.